The Bertz CT molecular complexity index is 766. The van der Waals surface area contributed by atoms with Crippen LogP contribution in [0.2, 0.25) is 0 Å². The van der Waals surface area contributed by atoms with Crippen LogP contribution in [0.1, 0.15) is 22.5 Å². The number of nitrogens with zero attached hydrogens (tertiary/aromatic N) is 4. The number of alkyl halides is 3. The highest BCUT2D eigenvalue weighted by molar-refractivity contribution is 5.86. The summed E-state index contributed by atoms with van der Waals surface area (Å²) in [5.74, 6) is 0.140. The molecule has 1 aliphatic rings. The van der Waals surface area contributed by atoms with E-state index in [1.54, 1.807) is 6.07 Å². The van der Waals surface area contributed by atoms with Crippen LogP contribution in [0.4, 0.5) is 19.0 Å². The minimum atomic E-state index is -4.43. The van der Waals surface area contributed by atoms with Gasteiger partial charge in [0, 0.05) is 25.2 Å². The maximum atomic E-state index is 12.5. The average molecular weight is 368 g/mol. The van der Waals surface area contributed by atoms with Crippen LogP contribution < -0.4 is 9.64 Å². The Morgan fingerprint density at radius 3 is 2.62 bits per heavy atom. The predicted molar refractivity (Wildman–Crippen MR) is 83.9 cm³/mol. The lowest BCUT2D eigenvalue weighted by atomic mass is 10.3. The smallest absolute Gasteiger partial charge is 0.417 e. The molecule has 138 valence electrons. The molecule has 0 radical (unpaired) electrons. The fourth-order valence-corrected chi connectivity index (χ4v) is 2.53. The van der Waals surface area contributed by atoms with E-state index >= 15 is 0 Å². The average Bonchev–Trinajstić information content (AvgIpc) is 3.09. The van der Waals surface area contributed by atoms with Gasteiger partial charge in [0.25, 0.3) is 0 Å². The van der Waals surface area contributed by atoms with Crippen molar-refractivity contribution >= 4 is 11.8 Å². The first-order chi connectivity index (χ1) is 12.4. The molecule has 0 saturated carbocycles. The minimum absolute atomic E-state index is 0.109. The lowest BCUT2D eigenvalue weighted by Gasteiger charge is -2.17. The first-order valence-corrected chi connectivity index (χ1v) is 7.73. The van der Waals surface area contributed by atoms with Gasteiger partial charge in [-0.25, -0.2) is 9.78 Å². The summed E-state index contributed by atoms with van der Waals surface area (Å²) >= 11 is 0. The highest BCUT2D eigenvalue weighted by Crippen LogP contribution is 2.29. The van der Waals surface area contributed by atoms with Crippen LogP contribution >= 0.6 is 0 Å². The van der Waals surface area contributed by atoms with Gasteiger partial charge in [0.2, 0.25) is 5.88 Å². The number of carbonyl (C=O) groups is 1. The molecule has 1 atom stereocenters. The summed E-state index contributed by atoms with van der Waals surface area (Å²) in [4.78, 5) is 17.0. The molecule has 0 N–H and O–H groups in total. The highest BCUT2D eigenvalue weighted by atomic mass is 19.4. The molecule has 3 heterocycles. The number of ether oxygens (including phenoxy) is 2. The molecule has 0 amide bonds. The van der Waals surface area contributed by atoms with Gasteiger partial charge in [0.1, 0.15) is 6.10 Å². The number of anilines is 1. The molecular weight excluding hydrogens is 353 g/mol. The van der Waals surface area contributed by atoms with Crippen LogP contribution in [0.5, 0.6) is 5.88 Å². The molecule has 0 aliphatic carbocycles. The fourth-order valence-electron chi connectivity index (χ4n) is 2.53. The number of aromatic nitrogens is 3. The van der Waals surface area contributed by atoms with E-state index in [1.165, 1.54) is 19.2 Å². The van der Waals surface area contributed by atoms with E-state index in [0.29, 0.717) is 25.3 Å². The summed E-state index contributed by atoms with van der Waals surface area (Å²) in [7, 11) is 1.26. The molecule has 0 aromatic carbocycles. The maximum Gasteiger partial charge on any atom is 0.417 e. The van der Waals surface area contributed by atoms with Crippen molar-refractivity contribution in [1.29, 1.82) is 0 Å². The Morgan fingerprint density at radius 2 is 2.04 bits per heavy atom. The molecule has 2 aromatic rings. The van der Waals surface area contributed by atoms with Gasteiger partial charge in [-0.15, -0.1) is 10.2 Å². The zero-order chi connectivity index (χ0) is 18.7. The molecule has 1 saturated heterocycles. The molecule has 1 aliphatic heterocycles. The predicted octanol–water partition coefficient (Wildman–Crippen LogP) is 2.33. The third kappa shape index (κ3) is 4.01. The van der Waals surface area contributed by atoms with E-state index in [1.807, 2.05) is 4.90 Å². The van der Waals surface area contributed by atoms with Gasteiger partial charge in [0.05, 0.1) is 19.2 Å². The van der Waals surface area contributed by atoms with E-state index in [4.69, 9.17) is 4.74 Å². The van der Waals surface area contributed by atoms with Crippen molar-refractivity contribution in [3.8, 4) is 5.88 Å². The summed E-state index contributed by atoms with van der Waals surface area (Å²) in [6.45, 7) is 1.12. The second-order valence-electron chi connectivity index (χ2n) is 5.63. The first kappa shape index (κ1) is 17.9. The Hall–Kier alpha value is -2.91. The van der Waals surface area contributed by atoms with E-state index in [9.17, 15) is 18.0 Å². The summed E-state index contributed by atoms with van der Waals surface area (Å²) in [6.07, 6.45) is -3.26. The van der Waals surface area contributed by atoms with Crippen LogP contribution in [0.15, 0.2) is 30.5 Å². The lowest BCUT2D eigenvalue weighted by molar-refractivity contribution is -0.137. The van der Waals surface area contributed by atoms with Gasteiger partial charge in [-0.2, -0.15) is 13.2 Å². The number of hydrogen-bond donors (Lipinski definition) is 0. The quantitative estimate of drug-likeness (QED) is 0.767. The number of carbonyl (C=O) groups excluding carboxylic acids is 1. The van der Waals surface area contributed by atoms with Crippen LogP contribution in [-0.4, -0.2) is 47.5 Å². The summed E-state index contributed by atoms with van der Waals surface area (Å²) in [5, 5.41) is 7.80. The fraction of sp³-hybridized carbons (Fsp3) is 0.375. The second-order valence-corrected chi connectivity index (χ2v) is 5.63. The SMILES string of the molecule is COC(=O)c1ccc(N2CCC(Oc3ccc(C(F)(F)F)cn3)C2)nn1. The van der Waals surface area contributed by atoms with Crippen molar-refractivity contribution in [3.63, 3.8) is 0 Å². The molecule has 2 aromatic heterocycles. The lowest BCUT2D eigenvalue weighted by Crippen LogP contribution is -2.26. The molecule has 10 heteroatoms. The molecule has 0 spiro atoms. The van der Waals surface area contributed by atoms with E-state index < -0.39 is 17.7 Å². The van der Waals surface area contributed by atoms with Gasteiger partial charge in [-0.3, -0.25) is 0 Å². The standard InChI is InChI=1S/C16H15F3N4O3/c1-25-15(24)12-3-4-13(22-21-12)23-7-6-11(9-23)26-14-5-2-10(8-20-14)16(17,18)19/h2-5,8,11H,6-7,9H2,1H3. The molecule has 0 bridgehead atoms. The third-order valence-corrected chi connectivity index (χ3v) is 3.87. The number of esters is 1. The highest BCUT2D eigenvalue weighted by Gasteiger charge is 2.31. The third-order valence-electron chi connectivity index (χ3n) is 3.87. The zero-order valence-electron chi connectivity index (χ0n) is 13.7. The number of halogens is 3. The summed E-state index contributed by atoms with van der Waals surface area (Å²) in [6, 6.07) is 5.31. The minimum Gasteiger partial charge on any atom is -0.472 e. The Morgan fingerprint density at radius 1 is 1.23 bits per heavy atom. The van der Waals surface area contributed by atoms with E-state index in [-0.39, 0.29) is 17.7 Å². The number of methoxy groups -OCH3 is 1. The number of rotatable bonds is 4. The van der Waals surface area contributed by atoms with Crippen LogP contribution in [0.3, 0.4) is 0 Å². The molecule has 1 unspecified atom stereocenters. The van der Waals surface area contributed by atoms with Crippen LogP contribution in [0.25, 0.3) is 0 Å². The zero-order valence-corrected chi connectivity index (χ0v) is 13.7. The van der Waals surface area contributed by atoms with Gasteiger partial charge in [-0.05, 0) is 18.2 Å². The molecular formula is C16H15F3N4O3. The van der Waals surface area contributed by atoms with Crippen LogP contribution in [0, 0.1) is 0 Å². The molecule has 7 nitrogen and oxygen atoms in total. The Balaban J connectivity index is 1.59. The van der Waals surface area contributed by atoms with Gasteiger partial charge >= 0.3 is 12.1 Å². The number of hydrogen-bond acceptors (Lipinski definition) is 7. The van der Waals surface area contributed by atoms with Crippen molar-refractivity contribution in [2.45, 2.75) is 18.7 Å². The van der Waals surface area contributed by atoms with Crippen molar-refractivity contribution in [1.82, 2.24) is 15.2 Å². The normalized spacial score (nSPS) is 17.2. The van der Waals surface area contributed by atoms with Gasteiger partial charge in [-0.1, -0.05) is 0 Å². The largest absolute Gasteiger partial charge is 0.472 e. The van der Waals surface area contributed by atoms with Crippen molar-refractivity contribution in [2.24, 2.45) is 0 Å². The molecule has 26 heavy (non-hydrogen) atoms. The van der Waals surface area contributed by atoms with Crippen molar-refractivity contribution < 1.29 is 27.4 Å². The maximum absolute atomic E-state index is 12.5. The topological polar surface area (TPSA) is 77.4 Å². The van der Waals surface area contributed by atoms with Gasteiger partial charge < -0.3 is 14.4 Å². The molecule has 3 rings (SSSR count). The van der Waals surface area contributed by atoms with Crippen molar-refractivity contribution in [3.05, 3.63) is 41.7 Å². The van der Waals surface area contributed by atoms with Gasteiger partial charge in [0.15, 0.2) is 11.5 Å². The molecule has 1 fully saturated rings. The summed E-state index contributed by atoms with van der Waals surface area (Å²) < 4.78 is 47.8. The Labute approximate surface area is 146 Å². The van der Waals surface area contributed by atoms with E-state index in [0.717, 1.165) is 12.3 Å². The Kier molecular flexibility index (Phi) is 4.92. The van der Waals surface area contributed by atoms with Crippen molar-refractivity contribution in [2.75, 3.05) is 25.1 Å². The second kappa shape index (κ2) is 7.14. The van der Waals surface area contributed by atoms with Crippen LogP contribution in [-0.2, 0) is 10.9 Å². The number of pyridine rings is 1. The first-order valence-electron chi connectivity index (χ1n) is 7.73. The van der Waals surface area contributed by atoms with E-state index in [2.05, 4.69) is 19.9 Å². The summed E-state index contributed by atoms with van der Waals surface area (Å²) in [5.41, 5.74) is -0.712. The monoisotopic (exact) mass is 368 g/mol.